The van der Waals surface area contributed by atoms with Gasteiger partial charge in [0.05, 0.1) is 25.4 Å². The van der Waals surface area contributed by atoms with E-state index < -0.39 is 12.1 Å². The highest BCUT2D eigenvalue weighted by Crippen LogP contribution is 2.18. The van der Waals surface area contributed by atoms with Crippen molar-refractivity contribution in [1.82, 2.24) is 5.32 Å². The molecule has 0 aliphatic carbocycles. The van der Waals surface area contributed by atoms with Gasteiger partial charge in [0.15, 0.2) is 0 Å². The fourth-order valence-electron chi connectivity index (χ4n) is 10.4. The predicted octanol–water partition coefficient (Wildman–Crippen LogP) is 21.7. The molecule has 0 aromatic rings. The second-order valence-electron chi connectivity index (χ2n) is 23.1. The van der Waals surface area contributed by atoms with E-state index in [0.717, 1.165) is 83.5 Å². The lowest BCUT2D eigenvalue weighted by atomic mass is 10.0. The Hall–Kier alpha value is -2.18. The number of allylic oxidation sites excluding steroid dienone is 7. The number of ether oxygens (including phenoxy) is 1. The number of hydrogen-bond acceptors (Lipinski definition) is 5. The first-order chi connectivity index (χ1) is 37.5. The van der Waals surface area contributed by atoms with Crippen LogP contribution >= 0.6 is 0 Å². The van der Waals surface area contributed by atoms with Crippen LogP contribution in [-0.2, 0) is 14.3 Å². The molecule has 2 atom stereocenters. The second-order valence-corrected chi connectivity index (χ2v) is 23.1. The zero-order valence-corrected chi connectivity index (χ0v) is 51.0. The number of nitrogens with one attached hydrogen (secondary N) is 1. The van der Waals surface area contributed by atoms with Crippen LogP contribution in [0.15, 0.2) is 48.6 Å². The fourth-order valence-corrected chi connectivity index (χ4v) is 10.4. The minimum atomic E-state index is -0.858. The van der Waals surface area contributed by atoms with E-state index in [1.807, 2.05) is 6.08 Å². The Labute approximate surface area is 474 Å². The van der Waals surface area contributed by atoms with E-state index in [-0.39, 0.29) is 18.5 Å². The van der Waals surface area contributed by atoms with Crippen molar-refractivity contribution < 1.29 is 24.5 Å². The van der Waals surface area contributed by atoms with Gasteiger partial charge in [-0.1, -0.05) is 300 Å². The van der Waals surface area contributed by atoms with Gasteiger partial charge < -0.3 is 20.3 Å². The maximum absolute atomic E-state index is 12.5. The number of amides is 1. The average molecular weight is 1070 g/mol. The first-order valence-electron chi connectivity index (χ1n) is 33.9. The van der Waals surface area contributed by atoms with Crippen molar-refractivity contribution in [3.05, 3.63) is 48.6 Å². The van der Waals surface area contributed by atoms with Crippen LogP contribution in [0.3, 0.4) is 0 Å². The molecule has 2 unspecified atom stereocenters. The van der Waals surface area contributed by atoms with E-state index in [2.05, 4.69) is 55.6 Å². The van der Waals surface area contributed by atoms with Crippen molar-refractivity contribution in [2.24, 2.45) is 0 Å². The maximum atomic E-state index is 12.5. The van der Waals surface area contributed by atoms with Crippen LogP contribution in [0.25, 0.3) is 0 Å². The molecule has 3 N–H and O–H groups in total. The molecule has 0 aliphatic rings. The lowest BCUT2D eigenvalue weighted by Gasteiger charge is -2.20. The SMILES string of the molecule is CCCCCCCC/C=C\CCCCCCCCCCCC(=O)OCCCCC/C=C\C/C=C\CCCCCCCCCC(=O)NC(CO)C(O)/C=C/CCCCCCCCCCCCCCCCCCCCCCC. The van der Waals surface area contributed by atoms with Crippen molar-refractivity contribution in [2.75, 3.05) is 13.2 Å². The summed E-state index contributed by atoms with van der Waals surface area (Å²) >= 11 is 0. The van der Waals surface area contributed by atoms with Gasteiger partial charge in [-0.15, -0.1) is 0 Å². The van der Waals surface area contributed by atoms with E-state index in [4.69, 9.17) is 4.74 Å². The summed E-state index contributed by atoms with van der Waals surface area (Å²) in [6.45, 7) is 4.88. The lowest BCUT2D eigenvalue weighted by Crippen LogP contribution is -2.45. The quantitative estimate of drug-likeness (QED) is 0.0320. The van der Waals surface area contributed by atoms with Crippen LogP contribution in [0.4, 0.5) is 0 Å². The molecule has 0 bridgehead atoms. The highest BCUT2D eigenvalue weighted by atomic mass is 16.5. The molecular weight excluding hydrogens is 935 g/mol. The van der Waals surface area contributed by atoms with E-state index >= 15 is 0 Å². The molecule has 0 radical (unpaired) electrons. The van der Waals surface area contributed by atoms with Crippen molar-refractivity contribution in [3.63, 3.8) is 0 Å². The largest absolute Gasteiger partial charge is 0.466 e. The summed E-state index contributed by atoms with van der Waals surface area (Å²) in [6.07, 6.45) is 84.5. The van der Waals surface area contributed by atoms with Crippen LogP contribution < -0.4 is 5.32 Å². The molecule has 0 saturated carbocycles. The van der Waals surface area contributed by atoms with E-state index in [1.54, 1.807) is 6.08 Å². The smallest absolute Gasteiger partial charge is 0.305 e. The van der Waals surface area contributed by atoms with Gasteiger partial charge in [-0.3, -0.25) is 9.59 Å². The molecule has 6 heteroatoms. The molecule has 0 rings (SSSR count). The predicted molar refractivity (Wildman–Crippen MR) is 333 cm³/mol. The van der Waals surface area contributed by atoms with E-state index in [9.17, 15) is 19.8 Å². The Morgan fingerprint density at radius 2 is 0.658 bits per heavy atom. The lowest BCUT2D eigenvalue weighted by molar-refractivity contribution is -0.143. The number of carbonyl (C=O) groups excluding carboxylic acids is 2. The first kappa shape index (κ1) is 73.8. The average Bonchev–Trinajstić information content (AvgIpc) is 3.42. The normalized spacial score (nSPS) is 12.8. The molecule has 0 fully saturated rings. The third kappa shape index (κ3) is 61.0. The van der Waals surface area contributed by atoms with E-state index in [0.29, 0.717) is 19.4 Å². The van der Waals surface area contributed by atoms with Gasteiger partial charge in [-0.2, -0.15) is 0 Å². The van der Waals surface area contributed by atoms with E-state index in [1.165, 1.54) is 250 Å². The summed E-state index contributed by atoms with van der Waals surface area (Å²) in [6, 6.07) is -0.642. The molecule has 0 aromatic carbocycles. The molecule has 0 heterocycles. The van der Waals surface area contributed by atoms with Crippen molar-refractivity contribution in [2.45, 2.75) is 373 Å². The number of unbranched alkanes of at least 4 members (excludes halogenated alkanes) is 46. The van der Waals surface area contributed by atoms with Crippen molar-refractivity contribution >= 4 is 11.9 Å². The Kier molecular flexibility index (Phi) is 63.5. The van der Waals surface area contributed by atoms with Crippen LogP contribution in [0.5, 0.6) is 0 Å². The first-order valence-corrected chi connectivity index (χ1v) is 33.9. The number of esters is 1. The third-order valence-corrected chi connectivity index (χ3v) is 15.6. The number of aliphatic hydroxyl groups excluding tert-OH is 2. The number of carbonyl (C=O) groups is 2. The number of aliphatic hydroxyl groups is 2. The van der Waals surface area contributed by atoms with Gasteiger partial charge in [0, 0.05) is 12.8 Å². The zero-order chi connectivity index (χ0) is 55.0. The van der Waals surface area contributed by atoms with Crippen molar-refractivity contribution in [1.29, 1.82) is 0 Å². The number of hydrogen-bond donors (Lipinski definition) is 3. The van der Waals surface area contributed by atoms with Crippen LogP contribution in [0.1, 0.15) is 361 Å². The van der Waals surface area contributed by atoms with Gasteiger partial charge in [0.1, 0.15) is 0 Å². The molecule has 446 valence electrons. The Morgan fingerprint density at radius 3 is 1.01 bits per heavy atom. The fraction of sp³-hybridized carbons (Fsp3) is 0.857. The Bertz CT molecular complexity index is 1270. The molecule has 76 heavy (non-hydrogen) atoms. The standard InChI is InChI=1S/C70H131NO5/c1-3-5-7-9-11-13-15-17-19-21-23-24-25-26-28-30-34-38-42-46-50-54-58-62-68(73)67(66-72)71-69(74)63-59-55-51-47-43-39-35-31-29-33-37-41-45-49-53-57-61-65-76-70(75)64-60-56-52-48-44-40-36-32-27-22-20-18-16-14-12-10-8-6-4-2/h18,20,29,33,41,45,58,62,67-68,72-73H,3-17,19,21-28,30-32,34-40,42-44,46-57,59-61,63-66H2,1-2H3,(H,71,74)/b20-18-,33-29-,45-41-,62-58+. The highest BCUT2D eigenvalue weighted by Gasteiger charge is 2.18. The van der Waals surface area contributed by atoms with Crippen LogP contribution in [0.2, 0.25) is 0 Å². The maximum Gasteiger partial charge on any atom is 0.305 e. The summed E-state index contributed by atoms with van der Waals surface area (Å²) in [5.41, 5.74) is 0. The van der Waals surface area contributed by atoms with Crippen molar-refractivity contribution in [3.8, 4) is 0 Å². The Balaban J connectivity index is 3.50. The summed E-state index contributed by atoms with van der Waals surface area (Å²) < 4.78 is 5.48. The minimum Gasteiger partial charge on any atom is -0.466 e. The third-order valence-electron chi connectivity index (χ3n) is 15.6. The summed E-state index contributed by atoms with van der Waals surface area (Å²) in [5.74, 6) is -0.0979. The molecule has 0 aromatic heterocycles. The van der Waals surface area contributed by atoms with Gasteiger partial charge in [-0.05, 0) is 96.3 Å². The monoisotopic (exact) mass is 1070 g/mol. The second kappa shape index (κ2) is 65.3. The Morgan fingerprint density at radius 1 is 0.368 bits per heavy atom. The molecular formula is C70H131NO5. The van der Waals surface area contributed by atoms with Crippen LogP contribution in [-0.4, -0.2) is 47.4 Å². The molecule has 0 spiro atoms. The van der Waals surface area contributed by atoms with Gasteiger partial charge in [0.25, 0.3) is 0 Å². The summed E-state index contributed by atoms with van der Waals surface area (Å²) in [7, 11) is 0. The molecule has 0 aliphatic heterocycles. The topological polar surface area (TPSA) is 95.9 Å². The van der Waals surface area contributed by atoms with Gasteiger partial charge in [0.2, 0.25) is 5.91 Å². The highest BCUT2D eigenvalue weighted by molar-refractivity contribution is 5.76. The molecule has 6 nitrogen and oxygen atoms in total. The van der Waals surface area contributed by atoms with Gasteiger partial charge in [-0.25, -0.2) is 0 Å². The number of rotatable bonds is 63. The van der Waals surface area contributed by atoms with Gasteiger partial charge >= 0.3 is 5.97 Å². The summed E-state index contributed by atoms with van der Waals surface area (Å²) in [5, 5.41) is 23.2. The van der Waals surface area contributed by atoms with Crippen LogP contribution in [0, 0.1) is 0 Å². The molecule has 1 amide bonds. The summed E-state index contributed by atoms with van der Waals surface area (Å²) in [4.78, 5) is 24.6. The minimum absolute atomic E-state index is 0.0165. The molecule has 0 saturated heterocycles. The zero-order valence-electron chi connectivity index (χ0n) is 51.0.